The molecule has 7 rings (SSSR count). The number of ether oxygens (including phenoxy) is 9. The predicted molar refractivity (Wildman–Crippen MR) is 372 cm³/mol. The molecule has 0 saturated carbocycles. The molecule has 0 aromatic heterocycles. The number of carbonyl (C=O) groups excluding carboxylic acids is 5. The minimum Gasteiger partial charge on any atom is -0.462 e. The largest absolute Gasteiger partial charge is 0.462 e. The lowest BCUT2D eigenvalue weighted by atomic mass is 9.77. The maximum atomic E-state index is 13.7. The third kappa shape index (κ3) is 23.3. The summed E-state index contributed by atoms with van der Waals surface area (Å²) in [6.45, 7) is 18.4. The van der Waals surface area contributed by atoms with E-state index in [9.17, 15) is 85.3 Å². The Morgan fingerprint density at radius 3 is 2.04 bits per heavy atom. The summed E-state index contributed by atoms with van der Waals surface area (Å²) in [7, 11) is 0. The number of hydrogen-bond donors (Lipinski definition) is 12. The topological polar surface area (TPSA) is 414 Å². The number of carbonyl (C=O) groups is 5. The van der Waals surface area contributed by atoms with Crippen molar-refractivity contribution in [2.24, 2.45) is 35.5 Å². The maximum absolute atomic E-state index is 13.7. The van der Waals surface area contributed by atoms with Gasteiger partial charge >= 0.3 is 17.9 Å². The third-order valence-electron chi connectivity index (χ3n) is 21.4. The number of Topliss-reactive ketones (excluding diaryl/α,β-unsaturated/α-hetero) is 1. The van der Waals surface area contributed by atoms with Crippen LogP contribution < -0.4 is 0 Å². The Balaban J connectivity index is 0.916. The molecule has 4 fully saturated rings. The first-order valence-corrected chi connectivity index (χ1v) is 37.5. The zero-order chi connectivity index (χ0) is 75.4. The van der Waals surface area contributed by atoms with Crippen molar-refractivity contribution in [3.8, 4) is 0 Å². The molecule has 0 spiro atoms. The summed E-state index contributed by atoms with van der Waals surface area (Å²) in [5, 5.41) is 135. The van der Waals surface area contributed by atoms with Crippen LogP contribution in [0.4, 0.5) is 0 Å². The molecule has 5 heterocycles. The van der Waals surface area contributed by atoms with Crippen molar-refractivity contribution in [3.63, 3.8) is 0 Å². The highest BCUT2D eigenvalue weighted by molar-refractivity contribution is 8.03. The Bertz CT molecular complexity index is 3050. The summed E-state index contributed by atoms with van der Waals surface area (Å²) in [6.07, 6.45) is -12.0. The van der Waals surface area contributed by atoms with Crippen LogP contribution in [-0.2, 0) is 57.0 Å². The molecule has 26 nitrogen and oxygen atoms in total. The molecule has 576 valence electrons. The Morgan fingerprint density at radius 1 is 0.696 bits per heavy atom. The summed E-state index contributed by atoms with van der Waals surface area (Å²) < 4.78 is 54.8. The third-order valence-corrected chi connectivity index (χ3v) is 22.1. The molecule has 0 amide bonds. The summed E-state index contributed by atoms with van der Waals surface area (Å²) >= 11 is 1.21. The van der Waals surface area contributed by atoms with Crippen LogP contribution in [0.2, 0.25) is 0 Å². The molecule has 5 aliphatic heterocycles. The average Bonchev–Trinajstić information content (AvgIpc) is 1.39. The number of cyclic esters (lactones) is 1. The van der Waals surface area contributed by atoms with Crippen molar-refractivity contribution in [3.05, 3.63) is 75.7 Å². The number of ketones is 2. The van der Waals surface area contributed by atoms with E-state index in [-0.39, 0.29) is 68.2 Å². The number of esters is 3. The fraction of sp³-hybridized carbons (Fsp3) is 0.747. The SMILES string of the molecule is CSC1=CC(=O)c2cc(/C=C(\C)C(O)C(C)C(=O)OC3CCC(OC4CCC(OC(C)C(C)C(O)C(C)C(O)C(C)C5OC(=O)/C=C/CC(O)CC(O)/C=C/CCC(C)C(O)CC6(O)OC(CC(OC(C)=O)CC(O)CC(O)CC(O)C7OC7C5C)CC(O)C6O)OC4C)OC3C)ccc2C1=O. The molecule has 30 unspecified atom stereocenters. The number of epoxide rings is 1. The van der Waals surface area contributed by atoms with Crippen LogP contribution in [-0.4, -0.2) is 244 Å². The standard InChI is InChI=1S/C75H114O26S/c1-36-16-13-14-17-48(77)28-49(78)18-15-19-63(85)99-70(42(7)71-72(100-71)57(82)31-51(80)29-50(79)30-52(96-46(11)76)32-53-33-58(83)73(90)75(92,101-53)35-59(36)84)40(5)68(88)39(4)67(87)38(3)43(8)93-64-24-22-60(44(9)94-64)97-65-25-23-61(45(10)95-65)98-74(91)41(6)66(86)37(2)26-47-20-21-54-55(27-47)56(81)34-62(102-12)69(54)89/h14-15,17,19-21,26-27,34,36,38-45,48-53,57-61,64-68,70-73,77-80,82-84,86-88,90,92H,13,16,18,22-25,28-33,35H2,1-12H3/b17-14+,19-15+,37-26+. The van der Waals surface area contributed by atoms with Crippen molar-refractivity contribution in [2.45, 2.75) is 313 Å². The molecule has 1 aromatic carbocycles. The Labute approximate surface area is 602 Å². The van der Waals surface area contributed by atoms with Gasteiger partial charge in [0, 0.05) is 105 Å². The van der Waals surface area contributed by atoms with Crippen molar-refractivity contribution < 1.29 is 128 Å². The first-order valence-electron chi connectivity index (χ1n) is 36.2. The van der Waals surface area contributed by atoms with Crippen LogP contribution in [0, 0.1) is 35.5 Å². The molecular weight excluding hydrogens is 1350 g/mol. The summed E-state index contributed by atoms with van der Waals surface area (Å²) in [5.74, 6) is -9.52. The molecular formula is C75H114O26S. The van der Waals surface area contributed by atoms with Gasteiger partial charge in [-0.15, -0.1) is 11.8 Å². The number of thioether (sulfide) groups is 1. The van der Waals surface area contributed by atoms with Crippen LogP contribution in [0.15, 0.2) is 59.1 Å². The van der Waals surface area contributed by atoms with Gasteiger partial charge in [-0.1, -0.05) is 65.0 Å². The molecule has 0 radical (unpaired) electrons. The first-order chi connectivity index (χ1) is 48.0. The number of aliphatic hydroxyl groups excluding tert-OH is 11. The molecule has 1 aliphatic carbocycles. The van der Waals surface area contributed by atoms with Crippen LogP contribution in [0.25, 0.3) is 6.08 Å². The molecule has 2 bridgehead atoms. The molecule has 27 heteroatoms. The van der Waals surface area contributed by atoms with Gasteiger partial charge in [-0.05, 0) is 109 Å². The number of benzene rings is 1. The van der Waals surface area contributed by atoms with E-state index in [1.54, 1.807) is 98.9 Å². The highest BCUT2D eigenvalue weighted by Crippen LogP contribution is 2.42. The Kier molecular flexibility index (Phi) is 31.9. The zero-order valence-corrected chi connectivity index (χ0v) is 61.6. The van der Waals surface area contributed by atoms with Gasteiger partial charge < -0.3 is 104 Å². The molecule has 6 aliphatic rings. The van der Waals surface area contributed by atoms with Crippen molar-refractivity contribution in [2.75, 3.05) is 6.26 Å². The summed E-state index contributed by atoms with van der Waals surface area (Å²) in [4.78, 5) is 65.4. The lowest BCUT2D eigenvalue weighted by Gasteiger charge is -2.45. The first kappa shape index (κ1) is 84.8. The molecule has 12 N–H and O–H groups in total. The second-order valence-corrected chi connectivity index (χ2v) is 30.5. The van der Waals surface area contributed by atoms with Crippen LogP contribution in [0.1, 0.15) is 192 Å². The van der Waals surface area contributed by atoms with Gasteiger partial charge in [-0.3, -0.25) is 19.2 Å². The Hall–Kier alpha value is -4.44. The summed E-state index contributed by atoms with van der Waals surface area (Å²) in [5.41, 5.74) is 1.64. The second-order valence-electron chi connectivity index (χ2n) is 29.6. The summed E-state index contributed by atoms with van der Waals surface area (Å²) in [6, 6.07) is 4.88. The van der Waals surface area contributed by atoms with Crippen molar-refractivity contribution in [1.29, 1.82) is 0 Å². The molecule has 102 heavy (non-hydrogen) atoms. The molecule has 30 atom stereocenters. The number of rotatable bonds is 17. The lowest BCUT2D eigenvalue weighted by molar-refractivity contribution is -0.333. The van der Waals surface area contributed by atoms with Gasteiger partial charge in [0.05, 0.1) is 108 Å². The predicted octanol–water partition coefficient (Wildman–Crippen LogP) is 4.98. The van der Waals surface area contributed by atoms with Crippen LogP contribution in [0.5, 0.6) is 0 Å². The van der Waals surface area contributed by atoms with E-state index in [4.69, 9.17) is 42.6 Å². The van der Waals surface area contributed by atoms with E-state index in [0.29, 0.717) is 60.1 Å². The molecule has 4 saturated heterocycles. The van der Waals surface area contributed by atoms with Gasteiger partial charge in [-0.25, -0.2) is 4.79 Å². The van der Waals surface area contributed by atoms with E-state index in [0.717, 1.165) is 13.0 Å². The van der Waals surface area contributed by atoms with Crippen molar-refractivity contribution in [1.82, 2.24) is 0 Å². The Morgan fingerprint density at radius 2 is 1.36 bits per heavy atom. The molecule has 1 aromatic rings. The minimum absolute atomic E-state index is 0.0570. The minimum atomic E-state index is -2.41. The maximum Gasteiger partial charge on any atom is 0.330 e. The number of hydrogen-bond acceptors (Lipinski definition) is 27. The van der Waals surface area contributed by atoms with Crippen LogP contribution >= 0.6 is 11.8 Å². The highest BCUT2D eigenvalue weighted by atomic mass is 32.2. The second kappa shape index (κ2) is 38.4. The van der Waals surface area contributed by atoms with E-state index in [1.807, 2.05) is 6.92 Å². The van der Waals surface area contributed by atoms with E-state index in [2.05, 4.69) is 0 Å². The van der Waals surface area contributed by atoms with Crippen molar-refractivity contribution >= 4 is 47.3 Å². The fourth-order valence-corrected chi connectivity index (χ4v) is 15.2. The van der Waals surface area contributed by atoms with Gasteiger partial charge in [-0.2, -0.15) is 0 Å². The lowest BCUT2D eigenvalue weighted by Crippen LogP contribution is -2.60. The van der Waals surface area contributed by atoms with E-state index >= 15 is 0 Å². The zero-order valence-electron chi connectivity index (χ0n) is 60.8. The van der Waals surface area contributed by atoms with E-state index < -0.39 is 200 Å². The van der Waals surface area contributed by atoms with Gasteiger partial charge in [0.2, 0.25) is 0 Å². The number of fused-ring (bicyclic) bond motifs is 4. The smallest absolute Gasteiger partial charge is 0.330 e. The number of allylic oxidation sites excluding steroid dienone is 3. The monoisotopic (exact) mass is 1460 g/mol. The van der Waals surface area contributed by atoms with Crippen LogP contribution in [0.3, 0.4) is 0 Å². The number of aliphatic hydroxyl groups is 12. The highest BCUT2D eigenvalue weighted by Gasteiger charge is 2.54. The van der Waals surface area contributed by atoms with E-state index in [1.165, 1.54) is 30.0 Å². The fourth-order valence-electron chi connectivity index (χ4n) is 14.7. The van der Waals surface area contributed by atoms with Gasteiger partial charge in [0.25, 0.3) is 0 Å². The average molecular weight is 1460 g/mol. The van der Waals surface area contributed by atoms with Gasteiger partial charge in [0.1, 0.15) is 30.5 Å². The normalized spacial score (nSPS) is 38.5. The van der Waals surface area contributed by atoms with Gasteiger partial charge in [0.15, 0.2) is 29.9 Å². The quantitative estimate of drug-likeness (QED) is 0.0423.